The lowest BCUT2D eigenvalue weighted by molar-refractivity contribution is -0.123. The highest BCUT2D eigenvalue weighted by molar-refractivity contribution is 5.79. The van der Waals surface area contributed by atoms with E-state index in [-0.39, 0.29) is 23.7 Å². The summed E-state index contributed by atoms with van der Waals surface area (Å²) in [6, 6.07) is 16.2. The Bertz CT molecular complexity index is 617. The molecule has 1 N–H and O–H groups in total. The Labute approximate surface area is 124 Å². The summed E-state index contributed by atoms with van der Waals surface area (Å²) in [4.78, 5) is 12.3. The Kier molecular flexibility index (Phi) is 3.74. The van der Waals surface area contributed by atoms with Gasteiger partial charge in [-0.2, -0.15) is 0 Å². The fraction of sp³-hybridized carbons (Fsp3) is 0.278. The van der Waals surface area contributed by atoms with Crippen molar-refractivity contribution in [2.45, 2.75) is 31.2 Å². The number of carbonyl (C=O) groups is 1. The van der Waals surface area contributed by atoms with E-state index in [2.05, 4.69) is 17.4 Å². The normalized spacial score (nSPS) is 16.0. The predicted octanol–water partition coefficient (Wildman–Crippen LogP) is 3.56. The molecule has 2 nitrogen and oxygen atoms in total. The highest BCUT2D eigenvalue weighted by Crippen LogP contribution is 2.41. The van der Waals surface area contributed by atoms with E-state index >= 15 is 0 Å². The number of hydrogen-bond donors (Lipinski definition) is 1. The van der Waals surface area contributed by atoms with Crippen LogP contribution < -0.4 is 5.32 Å². The monoisotopic (exact) mass is 283 g/mol. The first-order chi connectivity index (χ1) is 10.2. The zero-order chi connectivity index (χ0) is 14.7. The largest absolute Gasteiger partial charge is 0.346 e. The third-order valence-corrected chi connectivity index (χ3v) is 4.19. The maximum absolute atomic E-state index is 12.9. The fourth-order valence-electron chi connectivity index (χ4n) is 2.87. The van der Waals surface area contributed by atoms with Gasteiger partial charge in [0, 0.05) is 0 Å². The van der Waals surface area contributed by atoms with Crippen LogP contribution in [0.4, 0.5) is 4.39 Å². The molecule has 1 amide bonds. The standard InChI is InChI=1S/C18H18FNO/c19-16-9-7-14(8-10-16)13-17(21)20-18(11-4-12-18)15-5-2-1-3-6-15/h1-3,5-10H,4,11-13H2,(H,20,21). The lowest BCUT2D eigenvalue weighted by Crippen LogP contribution is -2.51. The number of benzene rings is 2. The molecule has 21 heavy (non-hydrogen) atoms. The molecule has 1 aliphatic rings. The van der Waals surface area contributed by atoms with E-state index in [1.807, 2.05) is 18.2 Å². The molecule has 0 atom stereocenters. The molecule has 3 rings (SSSR count). The summed E-state index contributed by atoms with van der Waals surface area (Å²) in [6.45, 7) is 0. The molecule has 2 aromatic rings. The van der Waals surface area contributed by atoms with Gasteiger partial charge in [-0.25, -0.2) is 4.39 Å². The van der Waals surface area contributed by atoms with E-state index in [1.165, 1.54) is 17.7 Å². The quantitative estimate of drug-likeness (QED) is 0.913. The molecule has 0 unspecified atom stereocenters. The first kappa shape index (κ1) is 13.8. The van der Waals surface area contributed by atoms with Crippen LogP contribution in [-0.2, 0) is 16.8 Å². The van der Waals surface area contributed by atoms with Crippen molar-refractivity contribution in [1.82, 2.24) is 5.32 Å². The van der Waals surface area contributed by atoms with Gasteiger partial charge in [0.05, 0.1) is 12.0 Å². The number of halogens is 1. The molecule has 3 heteroatoms. The van der Waals surface area contributed by atoms with Crippen LogP contribution in [0.3, 0.4) is 0 Å². The molecule has 0 heterocycles. The van der Waals surface area contributed by atoms with Gasteiger partial charge in [-0.15, -0.1) is 0 Å². The molecule has 1 saturated carbocycles. The van der Waals surface area contributed by atoms with Crippen LogP contribution in [0.15, 0.2) is 54.6 Å². The minimum Gasteiger partial charge on any atom is -0.346 e. The van der Waals surface area contributed by atoms with Gasteiger partial charge < -0.3 is 5.32 Å². The fourth-order valence-corrected chi connectivity index (χ4v) is 2.87. The van der Waals surface area contributed by atoms with Crippen molar-refractivity contribution in [3.8, 4) is 0 Å². The SMILES string of the molecule is O=C(Cc1ccc(F)cc1)NC1(c2ccccc2)CCC1. The molecule has 0 aromatic heterocycles. The first-order valence-electron chi connectivity index (χ1n) is 7.29. The Hall–Kier alpha value is -2.16. The van der Waals surface area contributed by atoms with Gasteiger partial charge in [0.2, 0.25) is 5.91 Å². The number of rotatable bonds is 4. The first-order valence-corrected chi connectivity index (χ1v) is 7.29. The van der Waals surface area contributed by atoms with E-state index < -0.39 is 0 Å². The van der Waals surface area contributed by atoms with Crippen molar-refractivity contribution in [1.29, 1.82) is 0 Å². The van der Waals surface area contributed by atoms with E-state index in [0.717, 1.165) is 24.8 Å². The van der Waals surface area contributed by atoms with Gasteiger partial charge in [-0.05, 0) is 42.5 Å². The summed E-state index contributed by atoms with van der Waals surface area (Å²) in [6.07, 6.45) is 3.37. The highest BCUT2D eigenvalue weighted by atomic mass is 19.1. The van der Waals surface area contributed by atoms with Crippen LogP contribution in [0.2, 0.25) is 0 Å². The van der Waals surface area contributed by atoms with Crippen molar-refractivity contribution >= 4 is 5.91 Å². The molecule has 0 saturated heterocycles. The number of nitrogens with one attached hydrogen (secondary N) is 1. The molecule has 0 spiro atoms. The minimum atomic E-state index is -0.279. The molecule has 1 fully saturated rings. The topological polar surface area (TPSA) is 29.1 Å². The number of amides is 1. The molecular formula is C18H18FNO. The van der Waals surface area contributed by atoms with E-state index in [0.29, 0.717) is 0 Å². The van der Waals surface area contributed by atoms with Gasteiger partial charge in [-0.3, -0.25) is 4.79 Å². The van der Waals surface area contributed by atoms with Gasteiger partial charge in [0.25, 0.3) is 0 Å². The Morgan fingerprint density at radius 3 is 2.29 bits per heavy atom. The van der Waals surface area contributed by atoms with Crippen molar-refractivity contribution in [3.63, 3.8) is 0 Å². The van der Waals surface area contributed by atoms with Gasteiger partial charge in [-0.1, -0.05) is 42.5 Å². The summed E-state index contributed by atoms with van der Waals surface area (Å²) in [5, 5.41) is 3.18. The number of hydrogen-bond acceptors (Lipinski definition) is 1. The third kappa shape index (κ3) is 2.97. The Morgan fingerprint density at radius 1 is 1.05 bits per heavy atom. The maximum atomic E-state index is 12.9. The van der Waals surface area contributed by atoms with Crippen LogP contribution in [0.5, 0.6) is 0 Å². The number of carbonyl (C=O) groups excluding carboxylic acids is 1. The van der Waals surface area contributed by atoms with Gasteiger partial charge >= 0.3 is 0 Å². The second-order valence-corrected chi connectivity index (χ2v) is 5.65. The summed E-state index contributed by atoms with van der Waals surface area (Å²) >= 11 is 0. The Morgan fingerprint density at radius 2 is 1.71 bits per heavy atom. The molecule has 108 valence electrons. The average Bonchev–Trinajstić information content (AvgIpc) is 2.46. The second-order valence-electron chi connectivity index (χ2n) is 5.65. The molecule has 0 radical (unpaired) electrons. The average molecular weight is 283 g/mol. The predicted molar refractivity (Wildman–Crippen MR) is 80.2 cm³/mol. The zero-order valence-corrected chi connectivity index (χ0v) is 11.8. The van der Waals surface area contributed by atoms with Crippen molar-refractivity contribution in [3.05, 3.63) is 71.5 Å². The molecular weight excluding hydrogens is 265 g/mol. The summed E-state index contributed by atoms with van der Waals surface area (Å²) in [7, 11) is 0. The Balaban J connectivity index is 1.70. The maximum Gasteiger partial charge on any atom is 0.225 e. The van der Waals surface area contributed by atoms with Crippen molar-refractivity contribution < 1.29 is 9.18 Å². The molecule has 2 aromatic carbocycles. The van der Waals surface area contributed by atoms with E-state index in [9.17, 15) is 9.18 Å². The third-order valence-electron chi connectivity index (χ3n) is 4.19. The van der Waals surface area contributed by atoms with Crippen molar-refractivity contribution in [2.24, 2.45) is 0 Å². The van der Waals surface area contributed by atoms with Crippen LogP contribution in [0, 0.1) is 5.82 Å². The highest BCUT2D eigenvalue weighted by Gasteiger charge is 2.39. The summed E-state index contributed by atoms with van der Waals surface area (Å²) in [5.41, 5.74) is 1.79. The molecule has 1 aliphatic carbocycles. The van der Waals surface area contributed by atoms with Crippen LogP contribution >= 0.6 is 0 Å². The van der Waals surface area contributed by atoms with Crippen LogP contribution in [0.25, 0.3) is 0 Å². The van der Waals surface area contributed by atoms with Crippen molar-refractivity contribution in [2.75, 3.05) is 0 Å². The molecule has 0 bridgehead atoms. The van der Waals surface area contributed by atoms with Crippen LogP contribution in [0.1, 0.15) is 30.4 Å². The van der Waals surface area contributed by atoms with E-state index in [1.54, 1.807) is 12.1 Å². The summed E-state index contributed by atoms with van der Waals surface area (Å²) < 4.78 is 12.9. The second kappa shape index (κ2) is 5.68. The lowest BCUT2D eigenvalue weighted by atomic mass is 9.71. The van der Waals surface area contributed by atoms with Crippen LogP contribution in [-0.4, -0.2) is 5.91 Å². The smallest absolute Gasteiger partial charge is 0.225 e. The van der Waals surface area contributed by atoms with E-state index in [4.69, 9.17) is 0 Å². The zero-order valence-electron chi connectivity index (χ0n) is 11.8. The van der Waals surface area contributed by atoms with Gasteiger partial charge in [0.1, 0.15) is 5.82 Å². The lowest BCUT2D eigenvalue weighted by Gasteiger charge is -2.43. The van der Waals surface area contributed by atoms with Gasteiger partial charge in [0.15, 0.2) is 0 Å². The summed E-state index contributed by atoms with van der Waals surface area (Å²) in [5.74, 6) is -0.288. The molecule has 0 aliphatic heterocycles. The minimum absolute atomic E-state index is 0.00911.